The summed E-state index contributed by atoms with van der Waals surface area (Å²) in [6, 6.07) is 0.561. The normalized spacial score (nSPS) is 15.9. The summed E-state index contributed by atoms with van der Waals surface area (Å²) >= 11 is 5.85. The van der Waals surface area contributed by atoms with E-state index in [1.165, 1.54) is 20.0 Å². The summed E-state index contributed by atoms with van der Waals surface area (Å²) in [5.74, 6) is 0.479. The van der Waals surface area contributed by atoms with Crippen molar-refractivity contribution in [3.05, 3.63) is 5.28 Å². The van der Waals surface area contributed by atoms with Crippen LogP contribution in [-0.4, -0.2) is 46.4 Å². The summed E-state index contributed by atoms with van der Waals surface area (Å²) < 4.78 is 4.99. The number of halogens is 1. The SMILES string of the molecule is COc1nc(Cl)nc(N(CCO)C2CCCC2)n1. The molecule has 18 heavy (non-hydrogen) atoms. The molecule has 0 aromatic carbocycles. The van der Waals surface area contributed by atoms with Gasteiger partial charge in [-0.15, -0.1) is 0 Å². The smallest absolute Gasteiger partial charge is 0.322 e. The number of aliphatic hydroxyl groups is 1. The first-order valence-electron chi connectivity index (χ1n) is 6.07. The first-order chi connectivity index (χ1) is 8.74. The summed E-state index contributed by atoms with van der Waals surface area (Å²) in [6.07, 6.45) is 4.57. The number of anilines is 1. The third kappa shape index (κ3) is 3.00. The van der Waals surface area contributed by atoms with Crippen LogP contribution in [0.25, 0.3) is 0 Å². The van der Waals surface area contributed by atoms with Crippen LogP contribution in [0.5, 0.6) is 6.01 Å². The van der Waals surface area contributed by atoms with Gasteiger partial charge in [0.05, 0.1) is 13.7 Å². The van der Waals surface area contributed by atoms with Crippen LogP contribution in [0, 0.1) is 0 Å². The van der Waals surface area contributed by atoms with E-state index in [-0.39, 0.29) is 17.9 Å². The molecule has 0 spiro atoms. The fourth-order valence-electron chi connectivity index (χ4n) is 2.31. The van der Waals surface area contributed by atoms with Crippen LogP contribution in [0.4, 0.5) is 5.95 Å². The monoisotopic (exact) mass is 272 g/mol. The van der Waals surface area contributed by atoms with Crippen molar-refractivity contribution in [2.75, 3.05) is 25.2 Å². The van der Waals surface area contributed by atoms with Gasteiger partial charge in [-0.2, -0.15) is 15.0 Å². The molecule has 2 rings (SSSR count). The highest BCUT2D eigenvalue weighted by atomic mass is 35.5. The molecular weight excluding hydrogens is 256 g/mol. The van der Waals surface area contributed by atoms with Gasteiger partial charge in [-0.25, -0.2) is 0 Å². The van der Waals surface area contributed by atoms with Gasteiger partial charge in [-0.05, 0) is 24.4 Å². The first kappa shape index (κ1) is 13.3. The zero-order valence-corrected chi connectivity index (χ0v) is 11.1. The number of methoxy groups -OCH3 is 1. The summed E-state index contributed by atoms with van der Waals surface area (Å²) in [5.41, 5.74) is 0. The number of ether oxygens (including phenoxy) is 1. The van der Waals surface area contributed by atoms with Gasteiger partial charge >= 0.3 is 6.01 Å². The van der Waals surface area contributed by atoms with Crippen LogP contribution >= 0.6 is 11.6 Å². The molecule has 0 saturated heterocycles. The van der Waals surface area contributed by atoms with Gasteiger partial charge in [0.2, 0.25) is 11.2 Å². The average molecular weight is 273 g/mol. The third-order valence-electron chi connectivity index (χ3n) is 3.12. The van der Waals surface area contributed by atoms with E-state index in [1.54, 1.807) is 0 Å². The minimum atomic E-state index is 0.0577. The van der Waals surface area contributed by atoms with Gasteiger partial charge < -0.3 is 14.7 Å². The molecule has 1 heterocycles. The van der Waals surface area contributed by atoms with Crippen molar-refractivity contribution < 1.29 is 9.84 Å². The van der Waals surface area contributed by atoms with Crippen LogP contribution in [-0.2, 0) is 0 Å². The molecule has 0 unspecified atom stereocenters. The van der Waals surface area contributed by atoms with E-state index in [9.17, 15) is 5.11 Å². The minimum absolute atomic E-state index is 0.0577. The van der Waals surface area contributed by atoms with Crippen molar-refractivity contribution >= 4 is 17.5 Å². The van der Waals surface area contributed by atoms with Gasteiger partial charge in [-0.1, -0.05) is 12.8 Å². The van der Waals surface area contributed by atoms with Crippen molar-refractivity contribution in [2.45, 2.75) is 31.7 Å². The molecule has 1 aliphatic rings. The van der Waals surface area contributed by atoms with Crippen LogP contribution in [0.1, 0.15) is 25.7 Å². The number of hydrogen-bond acceptors (Lipinski definition) is 6. The highest BCUT2D eigenvalue weighted by Crippen LogP contribution is 2.27. The molecule has 7 heteroatoms. The topological polar surface area (TPSA) is 71.4 Å². The molecule has 0 amide bonds. The zero-order chi connectivity index (χ0) is 13.0. The molecule has 0 atom stereocenters. The lowest BCUT2D eigenvalue weighted by atomic mass is 10.2. The average Bonchev–Trinajstić information content (AvgIpc) is 2.88. The fraction of sp³-hybridized carbons (Fsp3) is 0.727. The van der Waals surface area contributed by atoms with E-state index in [0.29, 0.717) is 18.5 Å². The minimum Gasteiger partial charge on any atom is -0.467 e. The van der Waals surface area contributed by atoms with E-state index in [2.05, 4.69) is 15.0 Å². The molecular formula is C11H17ClN4O2. The lowest BCUT2D eigenvalue weighted by Gasteiger charge is -2.28. The fourth-order valence-corrected chi connectivity index (χ4v) is 2.46. The van der Waals surface area contributed by atoms with E-state index in [0.717, 1.165) is 12.8 Å². The second kappa shape index (κ2) is 6.15. The summed E-state index contributed by atoms with van der Waals surface area (Å²) in [7, 11) is 1.49. The van der Waals surface area contributed by atoms with Crippen molar-refractivity contribution in [2.24, 2.45) is 0 Å². The van der Waals surface area contributed by atoms with Crippen molar-refractivity contribution in [3.8, 4) is 6.01 Å². The lowest BCUT2D eigenvalue weighted by Crippen LogP contribution is -2.37. The Morgan fingerprint density at radius 1 is 1.33 bits per heavy atom. The number of aliphatic hydroxyl groups excluding tert-OH is 1. The van der Waals surface area contributed by atoms with Gasteiger partial charge in [-0.3, -0.25) is 0 Å². The molecule has 0 radical (unpaired) electrons. The Kier molecular flexibility index (Phi) is 4.54. The highest BCUT2D eigenvalue weighted by Gasteiger charge is 2.25. The van der Waals surface area contributed by atoms with E-state index < -0.39 is 0 Å². The van der Waals surface area contributed by atoms with Gasteiger partial charge in [0.25, 0.3) is 0 Å². The number of nitrogens with zero attached hydrogens (tertiary/aromatic N) is 4. The second-order valence-corrected chi connectivity index (χ2v) is 4.58. The molecule has 1 fully saturated rings. The summed E-state index contributed by atoms with van der Waals surface area (Å²) in [4.78, 5) is 14.2. The van der Waals surface area contributed by atoms with Crippen LogP contribution in [0.2, 0.25) is 5.28 Å². The van der Waals surface area contributed by atoms with E-state index in [4.69, 9.17) is 16.3 Å². The van der Waals surface area contributed by atoms with Crippen LogP contribution < -0.4 is 9.64 Å². The number of rotatable bonds is 5. The number of aromatic nitrogens is 3. The number of hydrogen-bond donors (Lipinski definition) is 1. The zero-order valence-electron chi connectivity index (χ0n) is 10.3. The molecule has 1 aromatic rings. The van der Waals surface area contributed by atoms with Crippen molar-refractivity contribution in [1.82, 2.24) is 15.0 Å². The first-order valence-corrected chi connectivity index (χ1v) is 6.45. The van der Waals surface area contributed by atoms with Crippen LogP contribution in [0.15, 0.2) is 0 Å². The molecule has 1 saturated carbocycles. The second-order valence-electron chi connectivity index (χ2n) is 4.25. The molecule has 100 valence electrons. The quantitative estimate of drug-likeness (QED) is 0.870. The molecule has 1 N–H and O–H groups in total. The standard InChI is InChI=1S/C11H17ClN4O2/c1-18-11-14-9(12)13-10(15-11)16(6-7-17)8-4-2-3-5-8/h8,17H,2-7H2,1H3. The van der Waals surface area contributed by atoms with Gasteiger partial charge in [0.1, 0.15) is 0 Å². The molecule has 6 nitrogen and oxygen atoms in total. The Hall–Kier alpha value is -1.14. The maximum Gasteiger partial charge on any atom is 0.322 e. The molecule has 0 bridgehead atoms. The molecule has 1 aliphatic carbocycles. The Labute approximate surface area is 111 Å². The highest BCUT2D eigenvalue weighted by molar-refractivity contribution is 6.28. The van der Waals surface area contributed by atoms with E-state index >= 15 is 0 Å². The summed E-state index contributed by atoms with van der Waals surface area (Å²) in [6.45, 7) is 0.552. The predicted molar refractivity (Wildman–Crippen MR) is 68.1 cm³/mol. The van der Waals surface area contributed by atoms with E-state index in [1.807, 2.05) is 4.90 Å². The molecule has 0 aliphatic heterocycles. The van der Waals surface area contributed by atoms with Crippen LogP contribution in [0.3, 0.4) is 0 Å². The Bertz CT molecular complexity index is 399. The third-order valence-corrected chi connectivity index (χ3v) is 3.29. The Morgan fingerprint density at radius 2 is 2.06 bits per heavy atom. The van der Waals surface area contributed by atoms with Gasteiger partial charge in [0, 0.05) is 12.6 Å². The predicted octanol–water partition coefficient (Wildman–Crippen LogP) is 1.27. The van der Waals surface area contributed by atoms with Gasteiger partial charge in [0.15, 0.2) is 0 Å². The lowest BCUT2D eigenvalue weighted by molar-refractivity contribution is 0.295. The molecule has 1 aromatic heterocycles. The largest absolute Gasteiger partial charge is 0.467 e. The Balaban J connectivity index is 2.25. The van der Waals surface area contributed by atoms with Crippen molar-refractivity contribution in [3.63, 3.8) is 0 Å². The maximum absolute atomic E-state index is 9.18. The Morgan fingerprint density at radius 3 is 2.67 bits per heavy atom. The summed E-state index contributed by atoms with van der Waals surface area (Å²) in [5, 5.41) is 9.29. The van der Waals surface area contributed by atoms with Crippen molar-refractivity contribution in [1.29, 1.82) is 0 Å². The maximum atomic E-state index is 9.18.